The van der Waals surface area contributed by atoms with E-state index < -0.39 is 36.0 Å². The summed E-state index contributed by atoms with van der Waals surface area (Å²) in [6.45, 7) is 6.01. The van der Waals surface area contributed by atoms with Gasteiger partial charge < -0.3 is 40.6 Å². The number of nitrogens with two attached hydrogens (primary N) is 1. The van der Waals surface area contributed by atoms with E-state index in [2.05, 4.69) is 10.6 Å². The molecule has 0 unspecified atom stereocenters. The summed E-state index contributed by atoms with van der Waals surface area (Å²) in [6, 6.07) is 11.1. The summed E-state index contributed by atoms with van der Waals surface area (Å²) in [7, 11) is 0. The summed E-state index contributed by atoms with van der Waals surface area (Å²) < 4.78 is 11.0. The van der Waals surface area contributed by atoms with E-state index in [0.717, 1.165) is 5.56 Å². The molecule has 232 valence electrons. The van der Waals surface area contributed by atoms with E-state index in [9.17, 15) is 29.1 Å². The predicted molar refractivity (Wildman–Crippen MR) is 155 cm³/mol. The molecular formula is C31H39KN4O8. The third kappa shape index (κ3) is 11.8. The molecule has 44 heavy (non-hydrogen) atoms. The van der Waals surface area contributed by atoms with Crippen molar-refractivity contribution < 1.29 is 89.9 Å². The van der Waals surface area contributed by atoms with Crippen molar-refractivity contribution in [3.05, 3.63) is 59.7 Å². The molecule has 12 nitrogen and oxygen atoms in total. The van der Waals surface area contributed by atoms with Crippen LogP contribution in [0.5, 0.6) is 11.5 Å². The summed E-state index contributed by atoms with van der Waals surface area (Å²) in [5.74, 6) is -2.46. The Labute approximate surface area is 299 Å². The van der Waals surface area contributed by atoms with Crippen molar-refractivity contribution in [1.82, 2.24) is 15.5 Å². The van der Waals surface area contributed by atoms with Crippen LogP contribution in [0.4, 0.5) is 4.79 Å². The average Bonchev–Trinajstić information content (AvgIpc) is 2.96. The van der Waals surface area contributed by atoms with E-state index in [1.54, 1.807) is 24.3 Å². The molecule has 0 radical (unpaired) electrons. The summed E-state index contributed by atoms with van der Waals surface area (Å²) in [6.07, 6.45) is 0.576. The molecule has 4 N–H and O–H groups in total. The smallest absolute Gasteiger partial charge is 0.548 e. The van der Waals surface area contributed by atoms with Crippen LogP contribution in [0.3, 0.4) is 0 Å². The van der Waals surface area contributed by atoms with Crippen LogP contribution in [-0.4, -0.2) is 66.5 Å². The molecule has 1 saturated heterocycles. The zero-order valence-electron chi connectivity index (χ0n) is 25.7. The van der Waals surface area contributed by atoms with Gasteiger partial charge in [-0.1, -0.05) is 44.2 Å². The Morgan fingerprint density at radius 3 is 2.18 bits per heavy atom. The van der Waals surface area contributed by atoms with Crippen LogP contribution in [0.1, 0.15) is 44.2 Å². The number of para-hydroxylation sites is 1. The van der Waals surface area contributed by atoms with Gasteiger partial charge in [0.15, 0.2) is 6.61 Å². The zero-order valence-corrected chi connectivity index (χ0v) is 28.8. The topological polar surface area (TPSA) is 180 Å². The number of carbonyl (C=O) groups is 5. The number of primary amides is 1. The third-order valence-electron chi connectivity index (χ3n) is 7.14. The number of carboxylic acids is 1. The number of rotatable bonds is 13. The SMILES string of the molecule is Cc1ccccc1OCC(=O)N[C@@H](CC(C)C)C(=O)N[C@@H](Cc1ccc(OC(=O)N2CCC(C(N)=O)CC2)cc1)C(=O)[O-].[K+]. The number of aryl methyl sites for hydroxylation is 1. The molecule has 1 aliphatic rings. The molecule has 0 aliphatic carbocycles. The van der Waals surface area contributed by atoms with E-state index in [1.807, 2.05) is 32.9 Å². The Balaban J connectivity index is 0.00000675. The van der Waals surface area contributed by atoms with Crippen molar-refractivity contribution in [3.8, 4) is 11.5 Å². The molecule has 0 spiro atoms. The number of likely N-dealkylation sites (tertiary alicyclic amines) is 1. The number of carbonyl (C=O) groups excluding carboxylic acids is 5. The predicted octanol–water partition coefficient (Wildman–Crippen LogP) is -1.92. The van der Waals surface area contributed by atoms with Gasteiger partial charge in [0.05, 0.1) is 12.0 Å². The van der Waals surface area contributed by atoms with E-state index in [1.165, 1.54) is 17.0 Å². The molecule has 3 rings (SSSR count). The van der Waals surface area contributed by atoms with Crippen molar-refractivity contribution in [2.24, 2.45) is 17.6 Å². The van der Waals surface area contributed by atoms with Crippen molar-refractivity contribution >= 4 is 29.8 Å². The molecule has 1 heterocycles. The van der Waals surface area contributed by atoms with Crippen LogP contribution >= 0.6 is 0 Å². The van der Waals surface area contributed by atoms with Crippen molar-refractivity contribution in [2.45, 2.75) is 58.5 Å². The zero-order chi connectivity index (χ0) is 31.5. The monoisotopic (exact) mass is 634 g/mol. The molecule has 0 saturated carbocycles. The minimum atomic E-state index is -1.49. The number of nitrogens with zero attached hydrogens (tertiary/aromatic N) is 1. The number of nitrogens with one attached hydrogen (secondary N) is 2. The van der Waals surface area contributed by atoms with Gasteiger partial charge in [0.25, 0.3) is 5.91 Å². The molecule has 1 fully saturated rings. The van der Waals surface area contributed by atoms with Crippen LogP contribution in [-0.2, 0) is 25.6 Å². The van der Waals surface area contributed by atoms with Gasteiger partial charge in [-0.3, -0.25) is 14.4 Å². The minimum absolute atomic E-state index is 0. The number of ether oxygens (including phenoxy) is 2. The Morgan fingerprint density at radius 1 is 0.977 bits per heavy atom. The van der Waals surface area contributed by atoms with E-state index in [0.29, 0.717) is 37.2 Å². The summed E-state index contributed by atoms with van der Waals surface area (Å²) in [5.41, 5.74) is 6.74. The largest absolute Gasteiger partial charge is 1.00 e. The maximum Gasteiger partial charge on any atom is 1.00 e. The van der Waals surface area contributed by atoms with Crippen LogP contribution in [0.15, 0.2) is 48.5 Å². The first-order valence-corrected chi connectivity index (χ1v) is 14.3. The van der Waals surface area contributed by atoms with E-state index in [4.69, 9.17) is 15.2 Å². The summed E-state index contributed by atoms with van der Waals surface area (Å²) in [4.78, 5) is 62.9. The quantitative estimate of drug-likeness (QED) is 0.213. The third-order valence-corrected chi connectivity index (χ3v) is 7.14. The Morgan fingerprint density at radius 2 is 1.61 bits per heavy atom. The molecule has 1 aliphatic heterocycles. The molecule has 0 bridgehead atoms. The molecule has 0 aromatic heterocycles. The molecule has 2 aromatic rings. The van der Waals surface area contributed by atoms with E-state index >= 15 is 0 Å². The number of piperidine rings is 1. The first-order valence-electron chi connectivity index (χ1n) is 14.3. The number of carboxylic acid groups (broad SMARTS) is 1. The van der Waals surface area contributed by atoms with Crippen molar-refractivity contribution in [3.63, 3.8) is 0 Å². The molecular weight excluding hydrogens is 595 g/mol. The first kappa shape index (κ1) is 37.2. The standard InChI is InChI=1S/C31H40N4O8.K/c1-19(2)16-24(33-27(36)18-42-26-7-5-4-6-20(26)3)29(38)34-25(30(39)40)17-21-8-10-23(11-9-21)43-31(41)35-14-12-22(13-15-35)28(32)37;/h4-11,19,22,24-25H,12-18H2,1-3H3,(H2,32,37)(H,33,36)(H,34,38)(H,39,40);/q;+1/p-1/t24-,25-;/m0./s1. The molecule has 4 amide bonds. The molecule has 13 heteroatoms. The molecule has 2 atom stereocenters. The fourth-order valence-corrected chi connectivity index (χ4v) is 4.71. The Bertz CT molecular complexity index is 1300. The fourth-order valence-electron chi connectivity index (χ4n) is 4.71. The maximum atomic E-state index is 13.1. The van der Waals surface area contributed by atoms with Gasteiger partial charge in [0.2, 0.25) is 11.8 Å². The van der Waals surface area contributed by atoms with Gasteiger partial charge in [-0.05, 0) is 67.9 Å². The van der Waals surface area contributed by atoms with Crippen LogP contribution < -0.4 is 82.3 Å². The number of aliphatic carboxylic acids is 1. The number of hydrogen-bond donors (Lipinski definition) is 3. The second kappa shape index (κ2) is 18.1. The van der Waals surface area contributed by atoms with Gasteiger partial charge in [-0.15, -0.1) is 0 Å². The first-order chi connectivity index (χ1) is 20.4. The number of benzene rings is 2. The van der Waals surface area contributed by atoms with Gasteiger partial charge >= 0.3 is 57.5 Å². The van der Waals surface area contributed by atoms with E-state index in [-0.39, 0.29) is 94.3 Å². The van der Waals surface area contributed by atoms with Gasteiger partial charge in [-0.25, -0.2) is 4.79 Å². The van der Waals surface area contributed by atoms with Crippen molar-refractivity contribution in [2.75, 3.05) is 19.7 Å². The average molecular weight is 635 g/mol. The molecule has 2 aromatic carbocycles. The Hall–Kier alpha value is -2.97. The van der Waals surface area contributed by atoms with Gasteiger partial charge in [0, 0.05) is 19.0 Å². The maximum absolute atomic E-state index is 13.1. The normalized spacial score (nSPS) is 14.5. The summed E-state index contributed by atoms with van der Waals surface area (Å²) >= 11 is 0. The number of hydrogen-bond acceptors (Lipinski definition) is 8. The Kier molecular flexibility index (Phi) is 15.3. The van der Waals surface area contributed by atoms with Crippen molar-refractivity contribution in [1.29, 1.82) is 0 Å². The van der Waals surface area contributed by atoms with Gasteiger partial charge in [-0.2, -0.15) is 0 Å². The second-order valence-electron chi connectivity index (χ2n) is 11.1. The van der Waals surface area contributed by atoms with Crippen LogP contribution in [0.2, 0.25) is 0 Å². The van der Waals surface area contributed by atoms with Gasteiger partial charge in [0.1, 0.15) is 17.5 Å². The summed E-state index contributed by atoms with van der Waals surface area (Å²) in [5, 5.41) is 17.0. The minimum Gasteiger partial charge on any atom is -0.548 e. The fraction of sp³-hybridized carbons (Fsp3) is 0.452. The number of amides is 4. The second-order valence-corrected chi connectivity index (χ2v) is 11.1. The van der Waals surface area contributed by atoms with Crippen LogP contribution in [0, 0.1) is 18.8 Å². The van der Waals surface area contributed by atoms with Crippen LogP contribution in [0.25, 0.3) is 0 Å².